The Balaban J connectivity index is 1.93. The van der Waals surface area contributed by atoms with Gasteiger partial charge in [-0.3, -0.25) is 0 Å². The van der Waals surface area contributed by atoms with Crippen LogP contribution in [-0.2, 0) is 25.7 Å². The van der Waals surface area contributed by atoms with Gasteiger partial charge in [-0.05, 0) is 66.8 Å². The molecule has 2 aromatic rings. The number of carboxylic acids is 1. The molecule has 108 valence electrons. The van der Waals surface area contributed by atoms with Crippen molar-refractivity contribution >= 4 is 5.97 Å². The van der Waals surface area contributed by atoms with Crippen LogP contribution in [0.2, 0.25) is 0 Å². The van der Waals surface area contributed by atoms with Gasteiger partial charge >= 0.3 is 5.97 Å². The van der Waals surface area contributed by atoms with Crippen molar-refractivity contribution in [1.82, 2.24) is 0 Å². The van der Waals surface area contributed by atoms with E-state index in [0.29, 0.717) is 5.56 Å². The third-order valence-corrected chi connectivity index (χ3v) is 4.29. The maximum absolute atomic E-state index is 11.4. The van der Waals surface area contributed by atoms with Gasteiger partial charge < -0.3 is 5.11 Å². The van der Waals surface area contributed by atoms with Crippen LogP contribution in [0.15, 0.2) is 42.5 Å². The predicted molar refractivity (Wildman–Crippen MR) is 83.9 cm³/mol. The van der Waals surface area contributed by atoms with E-state index in [2.05, 4.69) is 30.3 Å². The molecule has 2 heteroatoms. The molecule has 0 saturated heterocycles. The van der Waals surface area contributed by atoms with E-state index in [1.165, 1.54) is 11.1 Å². The zero-order valence-electron chi connectivity index (χ0n) is 12.1. The highest BCUT2D eigenvalue weighted by atomic mass is 16.4. The van der Waals surface area contributed by atoms with Crippen molar-refractivity contribution in [2.24, 2.45) is 0 Å². The molecule has 2 aromatic carbocycles. The van der Waals surface area contributed by atoms with Gasteiger partial charge in [0.1, 0.15) is 0 Å². The van der Waals surface area contributed by atoms with E-state index in [-0.39, 0.29) is 0 Å². The van der Waals surface area contributed by atoms with Crippen molar-refractivity contribution < 1.29 is 9.90 Å². The lowest BCUT2D eigenvalue weighted by atomic mass is 9.94. The standard InChI is InChI=1S/C19H20O2/c20-19(21)18-13-16-10-9-15-7-5-14(6-8-15)3-1-2-4-17(18)12-11-16/h5-8,11-13H,1-4,9-10H2,(H,20,21). The fourth-order valence-corrected chi connectivity index (χ4v) is 3.00. The maximum Gasteiger partial charge on any atom is 0.335 e. The smallest absolute Gasteiger partial charge is 0.335 e. The number of carboxylic acid groups (broad SMARTS) is 1. The summed E-state index contributed by atoms with van der Waals surface area (Å²) < 4.78 is 0. The third-order valence-electron chi connectivity index (χ3n) is 4.29. The lowest BCUT2D eigenvalue weighted by molar-refractivity contribution is 0.0695. The summed E-state index contributed by atoms with van der Waals surface area (Å²) in [7, 11) is 0. The first kappa shape index (κ1) is 13.9. The molecule has 0 saturated carbocycles. The van der Waals surface area contributed by atoms with Gasteiger partial charge in [0.15, 0.2) is 0 Å². The summed E-state index contributed by atoms with van der Waals surface area (Å²) in [5.41, 5.74) is 5.26. The molecule has 0 atom stereocenters. The van der Waals surface area contributed by atoms with E-state index in [9.17, 15) is 9.90 Å². The molecule has 1 N–H and O–H groups in total. The Labute approximate surface area is 125 Å². The minimum absolute atomic E-state index is 0.485. The van der Waals surface area contributed by atoms with E-state index < -0.39 is 5.97 Å². The van der Waals surface area contributed by atoms with Crippen LogP contribution in [-0.4, -0.2) is 11.1 Å². The van der Waals surface area contributed by atoms with Gasteiger partial charge in [0.25, 0.3) is 0 Å². The van der Waals surface area contributed by atoms with E-state index in [4.69, 9.17) is 0 Å². The largest absolute Gasteiger partial charge is 0.478 e. The summed E-state index contributed by atoms with van der Waals surface area (Å²) in [5.74, 6) is -0.803. The van der Waals surface area contributed by atoms with Crippen LogP contribution < -0.4 is 0 Å². The van der Waals surface area contributed by atoms with Crippen LogP contribution in [0, 0.1) is 0 Å². The molecule has 0 aliphatic heterocycles. The van der Waals surface area contributed by atoms with Gasteiger partial charge in [-0.15, -0.1) is 0 Å². The fraction of sp³-hybridized carbons (Fsp3) is 0.316. The molecular formula is C19H20O2. The Hall–Kier alpha value is -2.09. The second-order valence-corrected chi connectivity index (χ2v) is 5.82. The first-order valence-corrected chi connectivity index (χ1v) is 7.65. The zero-order chi connectivity index (χ0) is 14.7. The van der Waals surface area contributed by atoms with E-state index >= 15 is 0 Å². The molecule has 0 fully saturated rings. The lowest BCUT2D eigenvalue weighted by Crippen LogP contribution is -2.05. The highest BCUT2D eigenvalue weighted by molar-refractivity contribution is 5.89. The zero-order valence-corrected chi connectivity index (χ0v) is 12.1. The number of hydrogen-bond acceptors (Lipinski definition) is 1. The summed E-state index contributed by atoms with van der Waals surface area (Å²) in [6.07, 6.45) is 5.89. The van der Waals surface area contributed by atoms with Crippen LogP contribution in [0.25, 0.3) is 0 Å². The normalized spacial score (nSPS) is 14.9. The maximum atomic E-state index is 11.4. The molecule has 0 radical (unpaired) electrons. The SMILES string of the molecule is O=C(O)c1cc2ccc1CCCCc1ccc(cc1)CC2. The quantitative estimate of drug-likeness (QED) is 0.855. The molecule has 4 aliphatic rings. The van der Waals surface area contributed by atoms with Crippen molar-refractivity contribution in [2.45, 2.75) is 38.5 Å². The molecular weight excluding hydrogens is 260 g/mol. The number of rotatable bonds is 1. The summed E-state index contributed by atoms with van der Waals surface area (Å²) in [6, 6.07) is 14.8. The molecule has 4 bridgehead atoms. The van der Waals surface area contributed by atoms with Crippen molar-refractivity contribution in [3.05, 3.63) is 70.3 Å². The molecule has 0 aromatic heterocycles. The monoisotopic (exact) mass is 280 g/mol. The van der Waals surface area contributed by atoms with Crippen molar-refractivity contribution in [3.8, 4) is 0 Å². The van der Waals surface area contributed by atoms with Crippen LogP contribution >= 0.6 is 0 Å². The third kappa shape index (κ3) is 3.33. The van der Waals surface area contributed by atoms with Gasteiger partial charge in [-0.1, -0.05) is 36.4 Å². The number of carbonyl (C=O) groups is 1. The molecule has 21 heavy (non-hydrogen) atoms. The second-order valence-electron chi connectivity index (χ2n) is 5.82. The molecule has 6 rings (SSSR count). The molecule has 0 spiro atoms. The Kier molecular flexibility index (Phi) is 4.05. The van der Waals surface area contributed by atoms with Crippen LogP contribution in [0.3, 0.4) is 0 Å². The number of aryl methyl sites for hydroxylation is 4. The van der Waals surface area contributed by atoms with Crippen LogP contribution in [0.4, 0.5) is 0 Å². The van der Waals surface area contributed by atoms with Crippen molar-refractivity contribution in [3.63, 3.8) is 0 Å². The van der Waals surface area contributed by atoms with E-state index in [1.54, 1.807) is 0 Å². The molecule has 4 aliphatic carbocycles. The van der Waals surface area contributed by atoms with Gasteiger partial charge in [0.2, 0.25) is 0 Å². The number of hydrogen-bond donors (Lipinski definition) is 1. The van der Waals surface area contributed by atoms with Crippen molar-refractivity contribution in [2.75, 3.05) is 0 Å². The van der Waals surface area contributed by atoms with E-state index in [0.717, 1.165) is 49.7 Å². The average molecular weight is 280 g/mol. The molecule has 0 amide bonds. The fourth-order valence-electron chi connectivity index (χ4n) is 3.00. The highest BCUT2D eigenvalue weighted by Gasteiger charge is 2.11. The van der Waals surface area contributed by atoms with Crippen LogP contribution in [0.1, 0.15) is 45.5 Å². The Morgan fingerprint density at radius 3 is 2.05 bits per heavy atom. The topological polar surface area (TPSA) is 37.3 Å². The molecule has 2 nitrogen and oxygen atoms in total. The highest BCUT2D eigenvalue weighted by Crippen LogP contribution is 2.19. The molecule has 0 unspecified atom stereocenters. The average Bonchev–Trinajstić information content (AvgIpc) is 2.51. The minimum atomic E-state index is -0.803. The Morgan fingerprint density at radius 1 is 0.762 bits per heavy atom. The summed E-state index contributed by atoms with van der Waals surface area (Å²) >= 11 is 0. The summed E-state index contributed by atoms with van der Waals surface area (Å²) in [5, 5.41) is 9.40. The van der Waals surface area contributed by atoms with Gasteiger partial charge in [-0.25, -0.2) is 4.79 Å². The predicted octanol–water partition coefficient (Wildman–Crippen LogP) is 4.05. The second kappa shape index (κ2) is 6.13. The number of aromatic carboxylic acids is 1. The first-order valence-electron chi connectivity index (χ1n) is 7.65. The first-order chi connectivity index (χ1) is 10.2. The molecule has 0 heterocycles. The minimum Gasteiger partial charge on any atom is -0.478 e. The summed E-state index contributed by atoms with van der Waals surface area (Å²) in [4.78, 5) is 11.4. The lowest BCUT2D eigenvalue weighted by Gasteiger charge is -2.11. The van der Waals surface area contributed by atoms with Gasteiger partial charge in [0.05, 0.1) is 5.56 Å². The van der Waals surface area contributed by atoms with E-state index in [1.807, 2.05) is 12.1 Å². The van der Waals surface area contributed by atoms with Crippen molar-refractivity contribution in [1.29, 1.82) is 0 Å². The van der Waals surface area contributed by atoms with Gasteiger partial charge in [-0.2, -0.15) is 0 Å². The van der Waals surface area contributed by atoms with Crippen LogP contribution in [0.5, 0.6) is 0 Å². The Morgan fingerprint density at radius 2 is 1.33 bits per heavy atom. The Bertz CT molecular complexity index is 641. The number of benzene rings is 2. The summed E-state index contributed by atoms with van der Waals surface area (Å²) in [6.45, 7) is 0. The van der Waals surface area contributed by atoms with Gasteiger partial charge in [0, 0.05) is 0 Å².